The monoisotopic (exact) mass is 357 g/mol. The maximum absolute atomic E-state index is 12.4. The van der Waals surface area contributed by atoms with Crippen LogP contribution in [0.25, 0.3) is 0 Å². The molecular weight excluding hydrogens is 342 g/mol. The lowest BCUT2D eigenvalue weighted by Crippen LogP contribution is -2.33. The molecule has 0 radical (unpaired) electrons. The largest absolute Gasteiger partial charge is 0.341 e. The van der Waals surface area contributed by atoms with Gasteiger partial charge < -0.3 is 4.84 Å². The van der Waals surface area contributed by atoms with E-state index >= 15 is 0 Å². The molecule has 1 aromatic carbocycles. The molecule has 1 fully saturated rings. The van der Waals surface area contributed by atoms with Crippen LogP contribution < -0.4 is 0 Å². The number of hydrogen-bond donors (Lipinski definition) is 0. The molecular formula is C18H15NO5S. The van der Waals surface area contributed by atoms with Crippen LogP contribution in [0.15, 0.2) is 42.5 Å². The zero-order chi connectivity index (χ0) is 18.0. The van der Waals surface area contributed by atoms with Gasteiger partial charge in [-0.2, -0.15) is 0 Å². The highest BCUT2D eigenvalue weighted by molar-refractivity contribution is 7.14. The Morgan fingerprint density at radius 1 is 1.04 bits per heavy atom. The molecule has 0 saturated carbocycles. The van der Waals surface area contributed by atoms with Gasteiger partial charge >= 0.3 is 5.97 Å². The third kappa shape index (κ3) is 3.51. The van der Waals surface area contributed by atoms with E-state index in [1.165, 1.54) is 11.3 Å². The Morgan fingerprint density at radius 3 is 2.32 bits per heavy atom. The minimum atomic E-state index is -0.704. The summed E-state index contributed by atoms with van der Waals surface area (Å²) in [5.74, 6) is -2.55. The zero-order valence-corrected chi connectivity index (χ0v) is 14.2. The highest BCUT2D eigenvalue weighted by atomic mass is 32.1. The van der Waals surface area contributed by atoms with E-state index in [0.717, 1.165) is 0 Å². The Hall–Kier alpha value is -2.80. The minimum absolute atomic E-state index is 0.0508. The summed E-state index contributed by atoms with van der Waals surface area (Å²) in [6.45, 7) is 1.61. The molecule has 7 heteroatoms. The normalized spacial score (nSPS) is 15.3. The minimum Gasteiger partial charge on any atom is -0.330 e. The molecule has 0 aliphatic carbocycles. The molecule has 0 bridgehead atoms. The SMILES string of the molecule is C[C@@H](C(=O)ON1C(=O)CCC1=O)c1ccc(C(=O)c2ccccc2)s1. The van der Waals surface area contributed by atoms with Crippen LogP contribution >= 0.6 is 11.3 Å². The summed E-state index contributed by atoms with van der Waals surface area (Å²) in [6, 6.07) is 12.2. The van der Waals surface area contributed by atoms with Gasteiger partial charge in [0.05, 0.1) is 10.8 Å². The fraction of sp³-hybridized carbons (Fsp3) is 0.222. The van der Waals surface area contributed by atoms with Gasteiger partial charge in [-0.3, -0.25) is 14.4 Å². The second-order valence-electron chi connectivity index (χ2n) is 5.61. The van der Waals surface area contributed by atoms with Gasteiger partial charge in [0, 0.05) is 23.3 Å². The number of rotatable bonds is 5. The summed E-state index contributed by atoms with van der Waals surface area (Å²) in [6.07, 6.45) is 0.102. The van der Waals surface area contributed by atoms with Crippen molar-refractivity contribution in [3.63, 3.8) is 0 Å². The number of carbonyl (C=O) groups is 4. The number of amides is 2. The maximum Gasteiger partial charge on any atom is 0.341 e. The number of nitrogens with zero attached hydrogens (tertiary/aromatic N) is 1. The lowest BCUT2D eigenvalue weighted by molar-refractivity contribution is -0.198. The van der Waals surface area contributed by atoms with Gasteiger partial charge in [-0.15, -0.1) is 16.4 Å². The van der Waals surface area contributed by atoms with Crippen molar-refractivity contribution < 1.29 is 24.0 Å². The predicted molar refractivity (Wildman–Crippen MR) is 89.8 cm³/mol. The van der Waals surface area contributed by atoms with Crippen LogP contribution in [0, 0.1) is 0 Å². The van der Waals surface area contributed by atoms with Gasteiger partial charge in [0.2, 0.25) is 5.78 Å². The van der Waals surface area contributed by atoms with Crippen LogP contribution in [-0.2, 0) is 19.2 Å². The molecule has 6 nitrogen and oxygen atoms in total. The number of hydrogen-bond acceptors (Lipinski definition) is 6. The van der Waals surface area contributed by atoms with E-state index in [4.69, 9.17) is 4.84 Å². The first kappa shape index (κ1) is 17.0. The summed E-state index contributed by atoms with van der Waals surface area (Å²) in [4.78, 5) is 53.7. The second-order valence-corrected chi connectivity index (χ2v) is 6.73. The number of ketones is 1. The van der Waals surface area contributed by atoms with Crippen molar-refractivity contribution in [3.05, 3.63) is 57.8 Å². The molecule has 2 amide bonds. The molecule has 2 heterocycles. The molecule has 0 spiro atoms. The van der Waals surface area contributed by atoms with Crippen molar-refractivity contribution in [1.29, 1.82) is 0 Å². The topological polar surface area (TPSA) is 80.8 Å². The van der Waals surface area contributed by atoms with Crippen LogP contribution in [0.4, 0.5) is 0 Å². The Balaban J connectivity index is 1.71. The Bertz CT molecular complexity index is 826. The van der Waals surface area contributed by atoms with E-state index < -0.39 is 23.7 Å². The van der Waals surface area contributed by atoms with Crippen LogP contribution in [0.1, 0.15) is 45.8 Å². The van der Waals surface area contributed by atoms with E-state index in [1.807, 2.05) is 6.07 Å². The van der Waals surface area contributed by atoms with Gasteiger partial charge in [0.15, 0.2) is 0 Å². The fourth-order valence-electron chi connectivity index (χ4n) is 2.38. The predicted octanol–water partition coefficient (Wildman–Crippen LogP) is 2.69. The van der Waals surface area contributed by atoms with Gasteiger partial charge in [-0.1, -0.05) is 30.3 Å². The summed E-state index contributed by atoms with van der Waals surface area (Å²) in [7, 11) is 0. The van der Waals surface area contributed by atoms with Crippen molar-refractivity contribution in [1.82, 2.24) is 5.06 Å². The second kappa shape index (κ2) is 6.98. The Kier molecular flexibility index (Phi) is 4.76. The van der Waals surface area contributed by atoms with Crippen LogP contribution in [-0.4, -0.2) is 28.6 Å². The van der Waals surface area contributed by atoms with Crippen LogP contribution in [0.3, 0.4) is 0 Å². The summed E-state index contributed by atoms with van der Waals surface area (Å²) in [5, 5.41) is 0.530. The molecule has 0 N–H and O–H groups in total. The number of hydroxylamine groups is 2. The van der Waals surface area contributed by atoms with Gasteiger partial charge in [0.25, 0.3) is 11.8 Å². The zero-order valence-electron chi connectivity index (χ0n) is 13.4. The first-order valence-corrected chi connectivity index (χ1v) is 8.56. The average Bonchev–Trinajstić information content (AvgIpc) is 3.23. The molecule has 1 aliphatic heterocycles. The van der Waals surface area contributed by atoms with Crippen molar-refractivity contribution in [2.45, 2.75) is 25.7 Å². The fourth-order valence-corrected chi connectivity index (χ4v) is 3.39. The van der Waals surface area contributed by atoms with Crippen LogP contribution in [0.5, 0.6) is 0 Å². The van der Waals surface area contributed by atoms with E-state index in [1.54, 1.807) is 43.3 Å². The molecule has 1 saturated heterocycles. The summed E-state index contributed by atoms with van der Waals surface area (Å²) in [5.41, 5.74) is 0.569. The van der Waals surface area contributed by atoms with Crippen LogP contribution in [0.2, 0.25) is 0 Å². The third-order valence-corrected chi connectivity index (χ3v) is 5.12. The van der Waals surface area contributed by atoms with Gasteiger partial charge in [-0.25, -0.2) is 4.79 Å². The number of thiophene rings is 1. The maximum atomic E-state index is 12.4. The van der Waals surface area contributed by atoms with Crippen molar-refractivity contribution in [2.24, 2.45) is 0 Å². The molecule has 1 aliphatic rings. The van der Waals surface area contributed by atoms with E-state index in [-0.39, 0.29) is 18.6 Å². The lowest BCUT2D eigenvalue weighted by Gasteiger charge is -2.15. The van der Waals surface area contributed by atoms with Gasteiger partial charge in [0.1, 0.15) is 0 Å². The Labute approximate surface area is 148 Å². The molecule has 1 aromatic heterocycles. The molecule has 128 valence electrons. The highest BCUT2D eigenvalue weighted by Gasteiger charge is 2.34. The summed E-state index contributed by atoms with van der Waals surface area (Å²) < 4.78 is 0. The van der Waals surface area contributed by atoms with Crippen molar-refractivity contribution in [2.75, 3.05) is 0 Å². The summed E-state index contributed by atoms with van der Waals surface area (Å²) >= 11 is 1.19. The quantitative estimate of drug-likeness (QED) is 0.607. The average molecular weight is 357 g/mol. The molecule has 1 atom stereocenters. The molecule has 2 aromatic rings. The lowest BCUT2D eigenvalue weighted by atomic mass is 10.1. The van der Waals surface area contributed by atoms with Crippen molar-refractivity contribution in [3.8, 4) is 0 Å². The third-order valence-electron chi connectivity index (χ3n) is 3.85. The van der Waals surface area contributed by atoms with Gasteiger partial charge in [-0.05, 0) is 19.1 Å². The molecule has 25 heavy (non-hydrogen) atoms. The number of benzene rings is 1. The van der Waals surface area contributed by atoms with E-state index in [0.29, 0.717) is 20.4 Å². The van der Waals surface area contributed by atoms with E-state index in [9.17, 15) is 19.2 Å². The highest BCUT2D eigenvalue weighted by Crippen LogP contribution is 2.28. The first-order chi connectivity index (χ1) is 12.0. The Morgan fingerprint density at radius 2 is 1.68 bits per heavy atom. The molecule has 3 rings (SSSR count). The number of imide groups is 1. The first-order valence-electron chi connectivity index (χ1n) is 7.74. The van der Waals surface area contributed by atoms with E-state index in [2.05, 4.69) is 0 Å². The number of carbonyl (C=O) groups excluding carboxylic acids is 4. The smallest absolute Gasteiger partial charge is 0.330 e. The molecule has 0 unspecified atom stereocenters. The standard InChI is InChI=1S/C18H15NO5S/c1-11(18(23)24-19-15(20)9-10-16(19)21)13-7-8-14(25-13)17(22)12-5-3-2-4-6-12/h2-8,11H,9-10H2,1H3/t11-/m1/s1. The van der Waals surface area contributed by atoms with Crippen molar-refractivity contribution >= 4 is 34.9 Å².